The summed E-state index contributed by atoms with van der Waals surface area (Å²) in [6, 6.07) is 5.75. The van der Waals surface area contributed by atoms with Crippen molar-refractivity contribution < 1.29 is 5.11 Å². The van der Waals surface area contributed by atoms with Crippen molar-refractivity contribution in [2.45, 2.75) is 13.3 Å². The molecule has 2 rings (SSSR count). The van der Waals surface area contributed by atoms with Crippen LogP contribution in [0.2, 0.25) is 0 Å². The van der Waals surface area contributed by atoms with Crippen LogP contribution in [0.5, 0.6) is 0 Å². The van der Waals surface area contributed by atoms with Gasteiger partial charge in [-0.25, -0.2) is 9.97 Å². The van der Waals surface area contributed by atoms with Crippen molar-refractivity contribution in [3.8, 4) is 0 Å². The number of aryl methyl sites for hydroxylation is 1. The Morgan fingerprint density at radius 3 is 2.95 bits per heavy atom. The van der Waals surface area contributed by atoms with E-state index in [1.165, 1.54) is 0 Å². The second kappa shape index (κ2) is 6.19. The highest BCUT2D eigenvalue weighted by Gasteiger charge is 2.07. The molecule has 2 heterocycles. The molecule has 0 aliphatic carbocycles. The Bertz CT molecular complexity index is 512. The molecule has 0 aliphatic heterocycles. The van der Waals surface area contributed by atoms with Gasteiger partial charge in [-0.3, -0.25) is 0 Å². The summed E-state index contributed by atoms with van der Waals surface area (Å²) in [5, 5.41) is 12.1. The fourth-order valence-electron chi connectivity index (χ4n) is 1.78. The molecule has 0 saturated carbocycles. The number of aromatic nitrogens is 3. The number of nitrogens with zero attached hydrogens (tertiary/aromatic N) is 3. The highest BCUT2D eigenvalue weighted by molar-refractivity contribution is 5.56. The molecule has 0 saturated heterocycles. The molecule has 102 valence electrons. The number of aliphatic hydroxyl groups is 1. The number of aromatic amines is 1. The van der Waals surface area contributed by atoms with Gasteiger partial charge in [0, 0.05) is 32.5 Å². The SMILES string of the molecule is Cc1nc(Nc2ccc[nH]2)cc(N(C)CCCO)n1. The van der Waals surface area contributed by atoms with E-state index in [2.05, 4.69) is 20.3 Å². The van der Waals surface area contributed by atoms with Crippen LogP contribution >= 0.6 is 0 Å². The first-order valence-corrected chi connectivity index (χ1v) is 6.27. The van der Waals surface area contributed by atoms with Crippen molar-refractivity contribution in [1.82, 2.24) is 15.0 Å². The van der Waals surface area contributed by atoms with E-state index in [0.717, 1.165) is 30.4 Å². The van der Waals surface area contributed by atoms with E-state index in [0.29, 0.717) is 5.82 Å². The van der Waals surface area contributed by atoms with E-state index >= 15 is 0 Å². The third kappa shape index (κ3) is 3.69. The van der Waals surface area contributed by atoms with Crippen molar-refractivity contribution in [3.63, 3.8) is 0 Å². The van der Waals surface area contributed by atoms with Gasteiger partial charge in [-0.05, 0) is 25.5 Å². The van der Waals surface area contributed by atoms with Gasteiger partial charge >= 0.3 is 0 Å². The predicted molar refractivity (Wildman–Crippen MR) is 75.8 cm³/mol. The summed E-state index contributed by atoms with van der Waals surface area (Å²) in [6.45, 7) is 2.81. The summed E-state index contributed by atoms with van der Waals surface area (Å²) < 4.78 is 0. The van der Waals surface area contributed by atoms with Gasteiger partial charge in [-0.2, -0.15) is 0 Å². The van der Waals surface area contributed by atoms with Gasteiger partial charge in [0.2, 0.25) is 0 Å². The highest BCUT2D eigenvalue weighted by atomic mass is 16.3. The molecule has 0 fully saturated rings. The molecule has 2 aromatic rings. The molecule has 6 heteroatoms. The lowest BCUT2D eigenvalue weighted by molar-refractivity contribution is 0.290. The van der Waals surface area contributed by atoms with E-state index in [4.69, 9.17) is 5.11 Å². The normalized spacial score (nSPS) is 10.5. The van der Waals surface area contributed by atoms with E-state index < -0.39 is 0 Å². The third-order valence-corrected chi connectivity index (χ3v) is 2.73. The zero-order valence-corrected chi connectivity index (χ0v) is 11.2. The van der Waals surface area contributed by atoms with Crippen LogP contribution in [0.3, 0.4) is 0 Å². The Morgan fingerprint density at radius 2 is 2.26 bits per heavy atom. The van der Waals surface area contributed by atoms with Crippen LogP contribution in [0.25, 0.3) is 0 Å². The van der Waals surface area contributed by atoms with Crippen molar-refractivity contribution in [1.29, 1.82) is 0 Å². The standard InChI is InChI=1S/C13H19N5O/c1-10-15-12(17-11-5-3-6-14-11)9-13(16-10)18(2)7-4-8-19/h3,5-6,9,14,19H,4,7-8H2,1-2H3,(H,15,16,17). The maximum atomic E-state index is 8.87. The largest absolute Gasteiger partial charge is 0.396 e. The molecule has 0 bridgehead atoms. The smallest absolute Gasteiger partial charge is 0.137 e. The average molecular weight is 261 g/mol. The van der Waals surface area contributed by atoms with Gasteiger partial charge in [0.05, 0.1) is 0 Å². The number of H-pyrrole nitrogens is 1. The van der Waals surface area contributed by atoms with Gasteiger partial charge in [0.25, 0.3) is 0 Å². The molecular weight excluding hydrogens is 242 g/mol. The number of anilines is 3. The van der Waals surface area contributed by atoms with Crippen molar-refractivity contribution in [3.05, 3.63) is 30.2 Å². The van der Waals surface area contributed by atoms with Crippen molar-refractivity contribution in [2.75, 3.05) is 30.4 Å². The lowest BCUT2D eigenvalue weighted by Crippen LogP contribution is -2.21. The number of hydrogen-bond donors (Lipinski definition) is 3. The third-order valence-electron chi connectivity index (χ3n) is 2.73. The van der Waals surface area contributed by atoms with Crippen LogP contribution < -0.4 is 10.2 Å². The first-order valence-electron chi connectivity index (χ1n) is 6.27. The van der Waals surface area contributed by atoms with Crippen molar-refractivity contribution in [2.24, 2.45) is 0 Å². The number of nitrogens with one attached hydrogen (secondary N) is 2. The molecule has 0 unspecified atom stereocenters. The maximum absolute atomic E-state index is 8.87. The lowest BCUT2D eigenvalue weighted by Gasteiger charge is -2.18. The van der Waals surface area contributed by atoms with Gasteiger partial charge in [0.1, 0.15) is 23.3 Å². The van der Waals surface area contributed by atoms with Gasteiger partial charge < -0.3 is 20.3 Å². The first kappa shape index (κ1) is 13.4. The van der Waals surface area contributed by atoms with Crippen LogP contribution in [0.15, 0.2) is 24.4 Å². The fraction of sp³-hybridized carbons (Fsp3) is 0.385. The lowest BCUT2D eigenvalue weighted by atomic mass is 10.4. The summed E-state index contributed by atoms with van der Waals surface area (Å²) in [4.78, 5) is 13.8. The van der Waals surface area contributed by atoms with E-state index in [1.54, 1.807) is 0 Å². The minimum Gasteiger partial charge on any atom is -0.396 e. The molecule has 2 aromatic heterocycles. The summed E-state index contributed by atoms with van der Waals surface area (Å²) in [5.41, 5.74) is 0. The molecule has 0 aromatic carbocycles. The zero-order valence-electron chi connectivity index (χ0n) is 11.2. The Labute approximate surface area is 112 Å². The number of aliphatic hydroxyl groups excluding tert-OH is 1. The van der Waals surface area contributed by atoms with Crippen molar-refractivity contribution >= 4 is 17.5 Å². The number of hydrogen-bond acceptors (Lipinski definition) is 5. The van der Waals surface area contributed by atoms with Gasteiger partial charge in [0.15, 0.2) is 0 Å². The molecule has 3 N–H and O–H groups in total. The van der Waals surface area contributed by atoms with Crippen LogP contribution in [0.1, 0.15) is 12.2 Å². The predicted octanol–water partition coefficient (Wildman–Crippen LogP) is 1.68. The Balaban J connectivity index is 2.14. The summed E-state index contributed by atoms with van der Waals surface area (Å²) in [7, 11) is 1.95. The number of rotatable bonds is 6. The van der Waals surface area contributed by atoms with Crippen LogP contribution in [-0.2, 0) is 0 Å². The average Bonchev–Trinajstić information content (AvgIpc) is 2.88. The first-order chi connectivity index (χ1) is 9.19. The summed E-state index contributed by atoms with van der Waals surface area (Å²) in [5.74, 6) is 3.19. The van der Waals surface area contributed by atoms with Gasteiger partial charge in [-0.15, -0.1) is 0 Å². The molecule has 19 heavy (non-hydrogen) atoms. The molecule has 0 atom stereocenters. The Morgan fingerprint density at radius 1 is 1.42 bits per heavy atom. The van der Waals surface area contributed by atoms with E-state index in [-0.39, 0.29) is 6.61 Å². The molecular formula is C13H19N5O. The van der Waals surface area contributed by atoms with Crippen LogP contribution in [0, 0.1) is 6.92 Å². The topological polar surface area (TPSA) is 77.1 Å². The van der Waals surface area contributed by atoms with E-state index in [1.807, 2.05) is 43.3 Å². The molecule has 0 aliphatic rings. The van der Waals surface area contributed by atoms with Crippen LogP contribution in [0.4, 0.5) is 17.5 Å². The monoisotopic (exact) mass is 261 g/mol. The summed E-state index contributed by atoms with van der Waals surface area (Å²) in [6.07, 6.45) is 2.57. The zero-order chi connectivity index (χ0) is 13.7. The summed E-state index contributed by atoms with van der Waals surface area (Å²) >= 11 is 0. The highest BCUT2D eigenvalue weighted by Crippen LogP contribution is 2.18. The quantitative estimate of drug-likeness (QED) is 0.737. The second-order valence-electron chi connectivity index (χ2n) is 4.37. The molecule has 0 spiro atoms. The molecule has 0 radical (unpaired) electrons. The minimum atomic E-state index is 0.183. The molecule has 0 amide bonds. The maximum Gasteiger partial charge on any atom is 0.137 e. The Kier molecular flexibility index (Phi) is 4.35. The second-order valence-corrected chi connectivity index (χ2v) is 4.37. The minimum absolute atomic E-state index is 0.183. The van der Waals surface area contributed by atoms with Crippen LogP contribution in [-0.4, -0.2) is 40.3 Å². The fourth-order valence-corrected chi connectivity index (χ4v) is 1.78. The van der Waals surface area contributed by atoms with Gasteiger partial charge in [-0.1, -0.05) is 0 Å². The van der Waals surface area contributed by atoms with E-state index in [9.17, 15) is 0 Å². The molecule has 6 nitrogen and oxygen atoms in total. The Hall–Kier alpha value is -2.08.